The van der Waals surface area contributed by atoms with Gasteiger partial charge in [-0.2, -0.15) is 0 Å². The molecule has 0 N–H and O–H groups in total. The second-order valence-electron chi connectivity index (χ2n) is 5.08. The van der Waals surface area contributed by atoms with E-state index >= 15 is 0 Å². The number of para-hydroxylation sites is 1. The minimum absolute atomic E-state index is 0.421. The van der Waals surface area contributed by atoms with Crippen LogP contribution in [0.3, 0.4) is 0 Å². The van der Waals surface area contributed by atoms with E-state index in [2.05, 4.69) is 20.9 Å². The molecular weight excluding hydrogens is 266 g/mol. The highest BCUT2D eigenvalue weighted by Gasteiger charge is 2.28. The van der Waals surface area contributed by atoms with E-state index in [0.29, 0.717) is 5.92 Å². The van der Waals surface area contributed by atoms with Crippen LogP contribution in [-0.2, 0) is 0 Å². The zero-order valence-corrected chi connectivity index (χ0v) is 12.3. The Morgan fingerprint density at radius 1 is 1.19 bits per heavy atom. The number of nitrogens with zero attached hydrogens (tertiary/aromatic N) is 3. The van der Waals surface area contributed by atoms with Crippen LogP contribution in [0.2, 0.25) is 0 Å². The molecular formula is C16H19N3O2. The van der Waals surface area contributed by atoms with Gasteiger partial charge in [-0.25, -0.2) is 9.97 Å². The van der Waals surface area contributed by atoms with Crippen molar-refractivity contribution in [3.8, 4) is 11.5 Å². The van der Waals surface area contributed by atoms with Crippen LogP contribution in [-0.4, -0.2) is 37.3 Å². The molecule has 21 heavy (non-hydrogen) atoms. The summed E-state index contributed by atoms with van der Waals surface area (Å²) in [6.07, 6.45) is 4.45. The molecule has 1 atom stereocenters. The standard InChI is InChI=1S/C16H19N3O2/c1-20-14-5-3-4-13(16(14)21-2)12-7-9-19(10-12)15-6-8-17-11-18-15/h3-6,8,11-12H,7,9-10H2,1-2H3. The van der Waals surface area contributed by atoms with Gasteiger partial charge >= 0.3 is 0 Å². The third-order valence-corrected chi connectivity index (χ3v) is 3.95. The topological polar surface area (TPSA) is 47.5 Å². The lowest BCUT2D eigenvalue weighted by molar-refractivity contribution is 0.350. The predicted molar refractivity (Wildman–Crippen MR) is 81.1 cm³/mol. The van der Waals surface area contributed by atoms with Gasteiger partial charge in [0.1, 0.15) is 12.1 Å². The van der Waals surface area contributed by atoms with Gasteiger partial charge in [0, 0.05) is 30.8 Å². The molecule has 110 valence electrons. The van der Waals surface area contributed by atoms with Gasteiger partial charge in [-0.05, 0) is 18.6 Å². The molecule has 3 rings (SSSR count). The van der Waals surface area contributed by atoms with Gasteiger partial charge in [0.15, 0.2) is 11.5 Å². The molecule has 0 bridgehead atoms. The average molecular weight is 285 g/mol. The Kier molecular flexibility index (Phi) is 3.90. The highest BCUT2D eigenvalue weighted by molar-refractivity contribution is 5.50. The summed E-state index contributed by atoms with van der Waals surface area (Å²) in [5, 5.41) is 0. The Morgan fingerprint density at radius 3 is 2.81 bits per heavy atom. The summed E-state index contributed by atoms with van der Waals surface area (Å²) in [4.78, 5) is 10.6. The molecule has 1 aromatic carbocycles. The van der Waals surface area contributed by atoms with Gasteiger partial charge in [0.05, 0.1) is 14.2 Å². The summed E-state index contributed by atoms with van der Waals surface area (Å²) < 4.78 is 10.9. The molecule has 1 aromatic heterocycles. The number of hydrogen-bond acceptors (Lipinski definition) is 5. The minimum atomic E-state index is 0.421. The van der Waals surface area contributed by atoms with E-state index in [1.807, 2.05) is 18.2 Å². The second-order valence-corrected chi connectivity index (χ2v) is 5.08. The zero-order chi connectivity index (χ0) is 14.7. The monoisotopic (exact) mass is 285 g/mol. The predicted octanol–water partition coefficient (Wildman–Crippen LogP) is 2.49. The molecule has 1 unspecified atom stereocenters. The first-order chi connectivity index (χ1) is 10.3. The van der Waals surface area contributed by atoms with E-state index in [9.17, 15) is 0 Å². The number of anilines is 1. The van der Waals surface area contributed by atoms with Crippen molar-refractivity contribution in [2.24, 2.45) is 0 Å². The first-order valence-electron chi connectivity index (χ1n) is 7.05. The number of methoxy groups -OCH3 is 2. The number of hydrogen-bond donors (Lipinski definition) is 0. The normalized spacial score (nSPS) is 17.8. The zero-order valence-electron chi connectivity index (χ0n) is 12.3. The molecule has 2 aromatic rings. The number of rotatable bonds is 4. The Hall–Kier alpha value is -2.30. The molecule has 0 radical (unpaired) electrons. The molecule has 0 saturated carbocycles. The lowest BCUT2D eigenvalue weighted by Crippen LogP contribution is -2.20. The van der Waals surface area contributed by atoms with Crippen molar-refractivity contribution >= 4 is 5.82 Å². The van der Waals surface area contributed by atoms with Crippen LogP contribution < -0.4 is 14.4 Å². The summed E-state index contributed by atoms with van der Waals surface area (Å²) in [7, 11) is 3.36. The maximum atomic E-state index is 5.55. The van der Waals surface area contributed by atoms with E-state index in [-0.39, 0.29) is 0 Å². The quantitative estimate of drug-likeness (QED) is 0.863. The third-order valence-electron chi connectivity index (χ3n) is 3.95. The van der Waals surface area contributed by atoms with Crippen LogP contribution in [0.5, 0.6) is 11.5 Å². The molecule has 1 saturated heterocycles. The highest BCUT2D eigenvalue weighted by Crippen LogP contribution is 2.39. The van der Waals surface area contributed by atoms with Gasteiger partial charge in [-0.3, -0.25) is 0 Å². The summed E-state index contributed by atoms with van der Waals surface area (Å²) in [5.74, 6) is 3.03. The summed E-state index contributed by atoms with van der Waals surface area (Å²) in [5.41, 5.74) is 1.20. The number of aromatic nitrogens is 2. The Bertz CT molecular complexity index is 604. The smallest absolute Gasteiger partial charge is 0.164 e. The fourth-order valence-electron chi connectivity index (χ4n) is 2.93. The number of ether oxygens (including phenoxy) is 2. The molecule has 1 fully saturated rings. The SMILES string of the molecule is COc1cccc(C2CCN(c3ccncn3)C2)c1OC. The van der Waals surface area contributed by atoms with E-state index < -0.39 is 0 Å². The Labute approximate surface area is 124 Å². The average Bonchev–Trinajstić information content (AvgIpc) is 3.04. The third kappa shape index (κ3) is 2.63. The van der Waals surface area contributed by atoms with E-state index in [1.165, 1.54) is 5.56 Å². The van der Waals surface area contributed by atoms with Gasteiger partial charge in [0.2, 0.25) is 0 Å². The van der Waals surface area contributed by atoms with Crippen LogP contribution in [0, 0.1) is 0 Å². The first kappa shape index (κ1) is 13.7. The van der Waals surface area contributed by atoms with Gasteiger partial charge in [0.25, 0.3) is 0 Å². The van der Waals surface area contributed by atoms with Crippen LogP contribution in [0.15, 0.2) is 36.8 Å². The van der Waals surface area contributed by atoms with E-state index in [1.54, 1.807) is 26.7 Å². The molecule has 5 heteroatoms. The van der Waals surface area contributed by atoms with Gasteiger partial charge < -0.3 is 14.4 Å². The van der Waals surface area contributed by atoms with Crippen molar-refractivity contribution in [1.29, 1.82) is 0 Å². The largest absolute Gasteiger partial charge is 0.493 e. The van der Waals surface area contributed by atoms with Crippen molar-refractivity contribution < 1.29 is 9.47 Å². The molecule has 0 amide bonds. The molecule has 1 aliphatic heterocycles. The van der Waals surface area contributed by atoms with E-state index in [4.69, 9.17) is 9.47 Å². The van der Waals surface area contributed by atoms with Gasteiger partial charge in [-0.1, -0.05) is 12.1 Å². The fourth-order valence-corrected chi connectivity index (χ4v) is 2.93. The maximum Gasteiger partial charge on any atom is 0.164 e. The maximum absolute atomic E-state index is 5.55. The minimum Gasteiger partial charge on any atom is -0.493 e. The molecule has 5 nitrogen and oxygen atoms in total. The molecule has 2 heterocycles. The van der Waals surface area contributed by atoms with Crippen molar-refractivity contribution in [3.05, 3.63) is 42.4 Å². The Morgan fingerprint density at radius 2 is 2.10 bits per heavy atom. The van der Waals surface area contributed by atoms with Crippen LogP contribution >= 0.6 is 0 Å². The first-order valence-corrected chi connectivity index (χ1v) is 7.05. The number of benzene rings is 1. The molecule has 1 aliphatic rings. The molecule has 0 aliphatic carbocycles. The fraction of sp³-hybridized carbons (Fsp3) is 0.375. The summed E-state index contributed by atoms with van der Waals surface area (Å²) in [6, 6.07) is 8.02. The van der Waals surface area contributed by atoms with Crippen molar-refractivity contribution in [1.82, 2.24) is 9.97 Å². The highest BCUT2D eigenvalue weighted by atomic mass is 16.5. The summed E-state index contributed by atoms with van der Waals surface area (Å²) in [6.45, 7) is 1.92. The Balaban J connectivity index is 1.83. The van der Waals surface area contributed by atoms with Crippen LogP contribution in [0.4, 0.5) is 5.82 Å². The van der Waals surface area contributed by atoms with E-state index in [0.717, 1.165) is 36.8 Å². The van der Waals surface area contributed by atoms with Crippen molar-refractivity contribution in [2.75, 3.05) is 32.2 Å². The van der Waals surface area contributed by atoms with Gasteiger partial charge in [-0.15, -0.1) is 0 Å². The van der Waals surface area contributed by atoms with Crippen molar-refractivity contribution in [2.45, 2.75) is 12.3 Å². The second kappa shape index (κ2) is 5.99. The lowest BCUT2D eigenvalue weighted by Gasteiger charge is -2.19. The van der Waals surface area contributed by atoms with Crippen LogP contribution in [0.25, 0.3) is 0 Å². The van der Waals surface area contributed by atoms with Crippen LogP contribution in [0.1, 0.15) is 17.9 Å². The summed E-state index contributed by atoms with van der Waals surface area (Å²) >= 11 is 0. The van der Waals surface area contributed by atoms with Crippen molar-refractivity contribution in [3.63, 3.8) is 0 Å². The lowest BCUT2D eigenvalue weighted by atomic mass is 9.97. The molecule has 0 spiro atoms.